The summed E-state index contributed by atoms with van der Waals surface area (Å²) in [5.74, 6) is -1.07. The van der Waals surface area contributed by atoms with Gasteiger partial charge in [-0.1, -0.05) is 22.0 Å². The van der Waals surface area contributed by atoms with Gasteiger partial charge in [0.2, 0.25) is 0 Å². The molecule has 0 aromatic heterocycles. The predicted octanol–water partition coefficient (Wildman–Crippen LogP) is 2.39. The minimum Gasteiger partial charge on any atom is -0.462 e. The van der Waals surface area contributed by atoms with E-state index >= 15 is 0 Å². The molecule has 1 aromatic rings. The standard InChI is InChI=1S/C13H14BrNO6/c1-8(16)20-7-12(21-9(2)17)5-10-3-4-11(14)6-13(10)15(18)19/h3-4,6,12H,5,7H2,1-2H3. The largest absolute Gasteiger partial charge is 0.462 e. The zero-order chi connectivity index (χ0) is 16.0. The highest BCUT2D eigenvalue weighted by molar-refractivity contribution is 9.10. The maximum Gasteiger partial charge on any atom is 0.303 e. The highest BCUT2D eigenvalue weighted by atomic mass is 79.9. The van der Waals surface area contributed by atoms with E-state index in [0.29, 0.717) is 10.0 Å². The summed E-state index contributed by atoms with van der Waals surface area (Å²) in [5.41, 5.74) is 0.297. The molecular weight excluding hydrogens is 346 g/mol. The zero-order valence-corrected chi connectivity index (χ0v) is 13.1. The van der Waals surface area contributed by atoms with E-state index in [-0.39, 0.29) is 18.7 Å². The third kappa shape index (κ3) is 5.90. The van der Waals surface area contributed by atoms with Gasteiger partial charge in [0.1, 0.15) is 12.7 Å². The van der Waals surface area contributed by atoms with E-state index in [0.717, 1.165) is 0 Å². The van der Waals surface area contributed by atoms with Gasteiger partial charge < -0.3 is 9.47 Å². The van der Waals surface area contributed by atoms with Crippen molar-refractivity contribution in [1.82, 2.24) is 0 Å². The lowest BCUT2D eigenvalue weighted by Crippen LogP contribution is -2.26. The van der Waals surface area contributed by atoms with E-state index in [2.05, 4.69) is 15.9 Å². The number of hydrogen-bond donors (Lipinski definition) is 0. The van der Waals surface area contributed by atoms with Crippen molar-refractivity contribution in [2.75, 3.05) is 6.61 Å². The molecule has 0 spiro atoms. The topological polar surface area (TPSA) is 95.7 Å². The number of hydrogen-bond acceptors (Lipinski definition) is 6. The lowest BCUT2D eigenvalue weighted by atomic mass is 10.1. The molecule has 1 rings (SSSR count). The van der Waals surface area contributed by atoms with Crippen LogP contribution in [-0.4, -0.2) is 29.6 Å². The second-order valence-corrected chi connectivity index (χ2v) is 5.18. The fourth-order valence-corrected chi connectivity index (χ4v) is 2.05. The average molecular weight is 360 g/mol. The molecule has 0 saturated heterocycles. The molecule has 0 saturated carbocycles. The summed E-state index contributed by atoms with van der Waals surface area (Å²) in [6.07, 6.45) is -0.692. The number of nitro groups is 1. The third-order valence-corrected chi connectivity index (χ3v) is 2.99. The Kier molecular flexibility index (Phi) is 6.29. The van der Waals surface area contributed by atoms with Gasteiger partial charge in [-0.2, -0.15) is 0 Å². The Morgan fingerprint density at radius 3 is 2.52 bits per heavy atom. The Labute approximate surface area is 129 Å². The predicted molar refractivity (Wildman–Crippen MR) is 76.7 cm³/mol. The van der Waals surface area contributed by atoms with Gasteiger partial charge in [0, 0.05) is 36.4 Å². The lowest BCUT2D eigenvalue weighted by Gasteiger charge is -2.16. The van der Waals surface area contributed by atoms with Gasteiger partial charge in [0.05, 0.1) is 4.92 Å². The van der Waals surface area contributed by atoms with Crippen molar-refractivity contribution in [3.63, 3.8) is 0 Å². The first-order valence-electron chi connectivity index (χ1n) is 6.03. The van der Waals surface area contributed by atoms with Crippen LogP contribution in [0.3, 0.4) is 0 Å². The van der Waals surface area contributed by atoms with Gasteiger partial charge in [-0.05, 0) is 6.07 Å². The van der Waals surface area contributed by atoms with Crippen molar-refractivity contribution in [2.45, 2.75) is 26.4 Å². The van der Waals surface area contributed by atoms with Crippen LogP contribution in [0, 0.1) is 10.1 Å². The van der Waals surface area contributed by atoms with Crippen LogP contribution in [0.1, 0.15) is 19.4 Å². The van der Waals surface area contributed by atoms with Crippen molar-refractivity contribution >= 4 is 33.6 Å². The number of esters is 2. The highest BCUT2D eigenvalue weighted by Gasteiger charge is 2.21. The molecule has 0 radical (unpaired) electrons. The van der Waals surface area contributed by atoms with Crippen LogP contribution < -0.4 is 0 Å². The van der Waals surface area contributed by atoms with E-state index in [4.69, 9.17) is 9.47 Å². The fraction of sp³-hybridized carbons (Fsp3) is 0.385. The summed E-state index contributed by atoms with van der Waals surface area (Å²) in [6.45, 7) is 2.30. The molecule has 0 aliphatic heterocycles. The molecular formula is C13H14BrNO6. The van der Waals surface area contributed by atoms with Crippen LogP contribution in [0.5, 0.6) is 0 Å². The Morgan fingerprint density at radius 1 is 1.33 bits per heavy atom. The number of rotatable bonds is 6. The third-order valence-electron chi connectivity index (χ3n) is 2.50. The second kappa shape index (κ2) is 7.72. The van der Waals surface area contributed by atoms with Crippen molar-refractivity contribution in [3.05, 3.63) is 38.3 Å². The number of nitro benzene ring substituents is 1. The van der Waals surface area contributed by atoms with E-state index in [1.54, 1.807) is 12.1 Å². The molecule has 8 heteroatoms. The molecule has 1 aromatic carbocycles. The van der Waals surface area contributed by atoms with Crippen molar-refractivity contribution < 1.29 is 24.0 Å². The molecule has 0 fully saturated rings. The summed E-state index contributed by atoms with van der Waals surface area (Å²) in [5, 5.41) is 11.0. The monoisotopic (exact) mass is 359 g/mol. The van der Waals surface area contributed by atoms with Gasteiger partial charge >= 0.3 is 11.9 Å². The number of benzene rings is 1. The fourth-order valence-electron chi connectivity index (χ4n) is 1.70. The summed E-state index contributed by atoms with van der Waals surface area (Å²) >= 11 is 3.16. The maximum absolute atomic E-state index is 11.1. The first kappa shape index (κ1) is 17.1. The molecule has 1 unspecified atom stereocenters. The average Bonchev–Trinajstić information content (AvgIpc) is 2.37. The van der Waals surface area contributed by atoms with Crippen LogP contribution in [0.25, 0.3) is 0 Å². The lowest BCUT2D eigenvalue weighted by molar-refractivity contribution is -0.385. The SMILES string of the molecule is CC(=O)OCC(Cc1ccc(Br)cc1[N+](=O)[O-])OC(C)=O. The van der Waals surface area contributed by atoms with Gasteiger partial charge in [0.25, 0.3) is 5.69 Å². The number of ether oxygens (including phenoxy) is 2. The smallest absolute Gasteiger partial charge is 0.303 e. The molecule has 0 amide bonds. The van der Waals surface area contributed by atoms with Crippen molar-refractivity contribution in [3.8, 4) is 0 Å². The van der Waals surface area contributed by atoms with E-state index in [9.17, 15) is 19.7 Å². The van der Waals surface area contributed by atoms with Gasteiger partial charge in [-0.15, -0.1) is 0 Å². The number of carbonyl (C=O) groups is 2. The molecule has 114 valence electrons. The summed E-state index contributed by atoms with van der Waals surface area (Å²) < 4.78 is 10.4. The first-order chi connectivity index (χ1) is 9.79. The Morgan fingerprint density at radius 2 is 2.00 bits per heavy atom. The molecule has 7 nitrogen and oxygen atoms in total. The zero-order valence-electron chi connectivity index (χ0n) is 11.5. The van der Waals surface area contributed by atoms with Gasteiger partial charge in [-0.25, -0.2) is 0 Å². The van der Waals surface area contributed by atoms with E-state index in [1.807, 2.05) is 0 Å². The van der Waals surface area contributed by atoms with E-state index < -0.39 is 23.0 Å². The number of carbonyl (C=O) groups excluding carboxylic acids is 2. The molecule has 0 N–H and O–H groups in total. The summed E-state index contributed by atoms with van der Waals surface area (Å²) in [6, 6.07) is 4.58. The summed E-state index contributed by atoms with van der Waals surface area (Å²) in [4.78, 5) is 32.4. The number of nitrogens with zero attached hydrogens (tertiary/aromatic N) is 1. The molecule has 0 heterocycles. The Balaban J connectivity index is 2.93. The highest BCUT2D eigenvalue weighted by Crippen LogP contribution is 2.25. The van der Waals surface area contributed by atoms with Crippen LogP contribution in [0.15, 0.2) is 22.7 Å². The Bertz CT molecular complexity index is 560. The minimum atomic E-state index is -0.772. The van der Waals surface area contributed by atoms with Gasteiger partial charge in [0.15, 0.2) is 0 Å². The van der Waals surface area contributed by atoms with Crippen LogP contribution in [-0.2, 0) is 25.5 Å². The van der Waals surface area contributed by atoms with Gasteiger partial charge in [-0.3, -0.25) is 19.7 Å². The van der Waals surface area contributed by atoms with Crippen molar-refractivity contribution in [1.29, 1.82) is 0 Å². The van der Waals surface area contributed by atoms with Crippen LogP contribution in [0.2, 0.25) is 0 Å². The molecule has 0 bridgehead atoms. The number of halogens is 1. The molecule has 0 aliphatic rings. The minimum absolute atomic E-state index is 0.0798. The van der Waals surface area contributed by atoms with Crippen LogP contribution >= 0.6 is 15.9 Å². The molecule has 0 aliphatic carbocycles. The maximum atomic E-state index is 11.1. The normalized spacial score (nSPS) is 11.6. The Hall–Kier alpha value is -1.96. The quantitative estimate of drug-likeness (QED) is 0.439. The summed E-state index contributed by atoms with van der Waals surface area (Å²) in [7, 11) is 0. The molecule has 1 atom stereocenters. The van der Waals surface area contributed by atoms with Crippen molar-refractivity contribution in [2.24, 2.45) is 0 Å². The van der Waals surface area contributed by atoms with E-state index in [1.165, 1.54) is 19.9 Å². The van der Waals surface area contributed by atoms with Crippen LogP contribution in [0.4, 0.5) is 5.69 Å². The first-order valence-corrected chi connectivity index (χ1v) is 6.82. The second-order valence-electron chi connectivity index (χ2n) is 4.27. The molecule has 21 heavy (non-hydrogen) atoms.